The molecule has 0 amide bonds. The van der Waals surface area contributed by atoms with E-state index in [-0.39, 0.29) is 11.4 Å². The van der Waals surface area contributed by atoms with Gasteiger partial charge in [-0.2, -0.15) is 0 Å². The Morgan fingerprint density at radius 2 is 2.16 bits per heavy atom. The fourth-order valence-corrected chi connectivity index (χ4v) is 2.32. The quantitative estimate of drug-likeness (QED) is 0.361. The van der Waals surface area contributed by atoms with Crippen molar-refractivity contribution < 1.29 is 13.9 Å². The Morgan fingerprint density at radius 1 is 1.28 bits per heavy atom. The van der Waals surface area contributed by atoms with Gasteiger partial charge in [0.15, 0.2) is 17.2 Å². The highest BCUT2D eigenvalue weighted by molar-refractivity contribution is 5.85. The van der Waals surface area contributed by atoms with Crippen molar-refractivity contribution in [3.63, 3.8) is 0 Å². The van der Waals surface area contributed by atoms with E-state index >= 15 is 0 Å². The van der Waals surface area contributed by atoms with Gasteiger partial charge in [-0.1, -0.05) is 18.2 Å². The minimum Gasteiger partial charge on any atom is -0.490 e. The maximum atomic E-state index is 12.2. The topological polar surface area (TPSA) is 103 Å². The maximum absolute atomic E-state index is 12.2. The van der Waals surface area contributed by atoms with Gasteiger partial charge in [0, 0.05) is 12.0 Å². The van der Waals surface area contributed by atoms with E-state index in [4.69, 9.17) is 13.9 Å². The molecule has 0 fully saturated rings. The third-order valence-corrected chi connectivity index (χ3v) is 3.50. The zero-order chi connectivity index (χ0) is 17.5. The van der Waals surface area contributed by atoms with Gasteiger partial charge < -0.3 is 13.9 Å². The third-order valence-electron chi connectivity index (χ3n) is 3.50. The SMILES string of the molecule is C=CCOCCCCOc1cccc2cc(-c3nnn[nH]3)c(=O)oc12. The van der Waals surface area contributed by atoms with Crippen molar-refractivity contribution in [3.8, 4) is 17.1 Å². The van der Waals surface area contributed by atoms with Crippen LogP contribution >= 0.6 is 0 Å². The Balaban J connectivity index is 1.71. The molecule has 25 heavy (non-hydrogen) atoms. The van der Waals surface area contributed by atoms with Gasteiger partial charge in [-0.05, 0) is 35.4 Å². The van der Waals surface area contributed by atoms with Gasteiger partial charge in [0.05, 0.1) is 13.2 Å². The monoisotopic (exact) mass is 342 g/mol. The van der Waals surface area contributed by atoms with E-state index in [0.717, 1.165) is 18.2 Å². The highest BCUT2D eigenvalue weighted by Gasteiger charge is 2.13. The number of fused-ring (bicyclic) bond motifs is 1. The van der Waals surface area contributed by atoms with Gasteiger partial charge in [0.1, 0.15) is 5.56 Å². The molecular weight excluding hydrogens is 324 g/mol. The molecule has 0 saturated carbocycles. The first-order chi connectivity index (χ1) is 12.3. The molecule has 1 aromatic carbocycles. The number of unbranched alkanes of at least 4 members (excludes halogenated alkanes) is 1. The number of rotatable bonds is 9. The maximum Gasteiger partial charge on any atom is 0.347 e. The van der Waals surface area contributed by atoms with E-state index in [0.29, 0.717) is 31.2 Å². The Labute approximate surface area is 143 Å². The van der Waals surface area contributed by atoms with E-state index < -0.39 is 5.63 Å². The number of aromatic nitrogens is 4. The molecule has 130 valence electrons. The van der Waals surface area contributed by atoms with Crippen LogP contribution in [0, 0.1) is 0 Å². The predicted molar refractivity (Wildman–Crippen MR) is 91.4 cm³/mol. The number of ether oxygens (including phenoxy) is 2. The van der Waals surface area contributed by atoms with Crippen molar-refractivity contribution in [2.75, 3.05) is 19.8 Å². The second-order valence-electron chi connectivity index (χ2n) is 5.29. The Bertz CT molecular complexity index is 889. The summed E-state index contributed by atoms with van der Waals surface area (Å²) in [4.78, 5) is 12.2. The van der Waals surface area contributed by atoms with Crippen LogP contribution in [0.1, 0.15) is 12.8 Å². The van der Waals surface area contributed by atoms with Gasteiger partial charge in [-0.15, -0.1) is 11.7 Å². The molecule has 0 radical (unpaired) electrons. The summed E-state index contributed by atoms with van der Waals surface area (Å²) in [5.74, 6) is 0.797. The summed E-state index contributed by atoms with van der Waals surface area (Å²) in [5.41, 5.74) is 0.153. The number of nitrogens with one attached hydrogen (secondary N) is 1. The van der Waals surface area contributed by atoms with E-state index in [9.17, 15) is 4.79 Å². The van der Waals surface area contributed by atoms with Gasteiger partial charge in [-0.3, -0.25) is 0 Å². The first-order valence-corrected chi connectivity index (χ1v) is 7.92. The van der Waals surface area contributed by atoms with E-state index in [1.165, 1.54) is 0 Å². The minimum absolute atomic E-state index is 0.265. The summed E-state index contributed by atoms with van der Waals surface area (Å²) >= 11 is 0. The Morgan fingerprint density at radius 3 is 2.96 bits per heavy atom. The average Bonchev–Trinajstić information content (AvgIpc) is 3.15. The Hall–Kier alpha value is -3.00. The molecule has 2 heterocycles. The van der Waals surface area contributed by atoms with Gasteiger partial charge in [0.25, 0.3) is 0 Å². The van der Waals surface area contributed by atoms with Crippen LogP contribution in [0.4, 0.5) is 0 Å². The number of hydrogen-bond acceptors (Lipinski definition) is 7. The standard InChI is InChI=1S/C17H18N4O4/c1-2-8-23-9-3-4-10-24-14-7-5-6-12-11-13(16-18-20-21-19-16)17(22)25-15(12)14/h2,5-7,11H,1,3-4,8-10H2,(H,18,19,20,21). The number of H-pyrrole nitrogens is 1. The zero-order valence-electron chi connectivity index (χ0n) is 13.6. The molecule has 0 saturated heterocycles. The lowest BCUT2D eigenvalue weighted by Gasteiger charge is -2.08. The number of nitrogens with zero attached hydrogens (tertiary/aromatic N) is 3. The molecule has 8 heteroatoms. The van der Waals surface area contributed by atoms with E-state index in [1.54, 1.807) is 18.2 Å². The van der Waals surface area contributed by atoms with Crippen molar-refractivity contribution in [2.45, 2.75) is 12.8 Å². The first-order valence-electron chi connectivity index (χ1n) is 7.92. The van der Waals surface area contributed by atoms with Crippen LogP contribution in [0.5, 0.6) is 5.75 Å². The number of tetrazole rings is 1. The number of aromatic amines is 1. The van der Waals surface area contributed by atoms with Crippen molar-refractivity contribution in [1.82, 2.24) is 20.6 Å². The molecular formula is C17H18N4O4. The highest BCUT2D eigenvalue weighted by Crippen LogP contribution is 2.26. The second-order valence-corrected chi connectivity index (χ2v) is 5.29. The smallest absolute Gasteiger partial charge is 0.347 e. The number of para-hydroxylation sites is 1. The molecule has 0 atom stereocenters. The fraction of sp³-hybridized carbons (Fsp3) is 0.294. The molecule has 0 aliphatic heterocycles. The van der Waals surface area contributed by atoms with Crippen molar-refractivity contribution >= 4 is 11.0 Å². The van der Waals surface area contributed by atoms with Gasteiger partial charge in [-0.25, -0.2) is 9.89 Å². The van der Waals surface area contributed by atoms with Crippen molar-refractivity contribution in [3.05, 3.63) is 47.3 Å². The van der Waals surface area contributed by atoms with Crippen LogP contribution < -0.4 is 10.4 Å². The van der Waals surface area contributed by atoms with Crippen molar-refractivity contribution in [1.29, 1.82) is 0 Å². The number of benzene rings is 1. The van der Waals surface area contributed by atoms with Crippen LogP contribution in [0.2, 0.25) is 0 Å². The van der Waals surface area contributed by atoms with Crippen LogP contribution in [0.15, 0.2) is 46.1 Å². The van der Waals surface area contributed by atoms with Crippen LogP contribution in [-0.4, -0.2) is 40.4 Å². The predicted octanol–water partition coefficient (Wildman–Crippen LogP) is 2.33. The normalized spacial score (nSPS) is 10.9. The van der Waals surface area contributed by atoms with E-state index in [1.807, 2.05) is 12.1 Å². The molecule has 0 unspecified atom stereocenters. The van der Waals surface area contributed by atoms with E-state index in [2.05, 4.69) is 27.2 Å². The summed E-state index contributed by atoms with van der Waals surface area (Å²) in [6, 6.07) is 7.13. The summed E-state index contributed by atoms with van der Waals surface area (Å²) in [7, 11) is 0. The molecule has 0 bridgehead atoms. The molecule has 3 aromatic rings. The Kier molecular flexibility index (Phi) is 5.53. The summed E-state index contributed by atoms with van der Waals surface area (Å²) in [6.07, 6.45) is 3.43. The molecule has 0 aliphatic carbocycles. The molecule has 0 spiro atoms. The zero-order valence-corrected chi connectivity index (χ0v) is 13.6. The van der Waals surface area contributed by atoms with Crippen molar-refractivity contribution in [2.24, 2.45) is 0 Å². The average molecular weight is 342 g/mol. The summed E-state index contributed by atoms with van der Waals surface area (Å²) in [5, 5.41) is 14.0. The molecule has 0 aliphatic rings. The van der Waals surface area contributed by atoms with Crippen LogP contribution in [0.3, 0.4) is 0 Å². The third kappa shape index (κ3) is 4.10. The lowest BCUT2D eigenvalue weighted by molar-refractivity contribution is 0.152. The molecule has 8 nitrogen and oxygen atoms in total. The molecule has 1 N–H and O–H groups in total. The molecule has 2 aromatic heterocycles. The lowest BCUT2D eigenvalue weighted by Crippen LogP contribution is -2.05. The summed E-state index contributed by atoms with van der Waals surface area (Å²) < 4.78 is 16.5. The number of hydrogen-bond donors (Lipinski definition) is 1. The summed E-state index contributed by atoms with van der Waals surface area (Å²) in [6.45, 7) is 5.32. The van der Waals surface area contributed by atoms with Crippen LogP contribution in [0.25, 0.3) is 22.4 Å². The minimum atomic E-state index is -0.528. The van der Waals surface area contributed by atoms with Gasteiger partial charge >= 0.3 is 5.63 Å². The fourth-order valence-electron chi connectivity index (χ4n) is 2.32. The van der Waals surface area contributed by atoms with Gasteiger partial charge in [0.2, 0.25) is 0 Å². The highest BCUT2D eigenvalue weighted by atomic mass is 16.5. The lowest BCUT2D eigenvalue weighted by atomic mass is 10.1. The largest absolute Gasteiger partial charge is 0.490 e. The van der Waals surface area contributed by atoms with Crippen LogP contribution in [-0.2, 0) is 4.74 Å². The molecule has 3 rings (SSSR count). The first kappa shape index (κ1) is 16.8. The second kappa shape index (κ2) is 8.20.